The first-order chi connectivity index (χ1) is 9.63. The summed E-state index contributed by atoms with van der Waals surface area (Å²) in [5, 5.41) is 15.9. The maximum atomic E-state index is 13.0. The predicted molar refractivity (Wildman–Crippen MR) is 71.0 cm³/mol. The minimum atomic E-state index is -5.02. The molecule has 5 nitrogen and oxygen atoms in total. The van der Waals surface area contributed by atoms with Gasteiger partial charge in [-0.05, 0) is 31.2 Å². The third-order valence-electron chi connectivity index (χ3n) is 2.87. The van der Waals surface area contributed by atoms with E-state index in [4.69, 9.17) is 11.6 Å². The van der Waals surface area contributed by atoms with Gasteiger partial charge >= 0.3 is 12.2 Å². The molecule has 0 saturated carbocycles. The van der Waals surface area contributed by atoms with E-state index in [1.54, 1.807) is 0 Å². The summed E-state index contributed by atoms with van der Waals surface area (Å²) in [6.07, 6.45) is -5.81. The monoisotopic (exact) mass is 321 g/mol. The zero-order valence-electron chi connectivity index (χ0n) is 10.8. The van der Waals surface area contributed by atoms with E-state index in [-0.39, 0.29) is 16.4 Å². The summed E-state index contributed by atoms with van der Waals surface area (Å²) in [4.78, 5) is 11.9. The summed E-state index contributed by atoms with van der Waals surface area (Å²) in [5.41, 5.74) is -3.11. The van der Waals surface area contributed by atoms with Gasteiger partial charge in [0.1, 0.15) is 0 Å². The van der Waals surface area contributed by atoms with Crippen molar-refractivity contribution >= 4 is 29.0 Å². The highest BCUT2D eigenvalue weighted by atomic mass is 35.5. The average molecular weight is 322 g/mol. The molecule has 0 aliphatic carbocycles. The third kappa shape index (κ3) is 2.96. The van der Waals surface area contributed by atoms with Gasteiger partial charge in [0.05, 0.1) is 0 Å². The Hall–Kier alpha value is -1.80. The van der Waals surface area contributed by atoms with E-state index in [0.29, 0.717) is 5.02 Å². The maximum Gasteiger partial charge on any atom is 0.438 e. The van der Waals surface area contributed by atoms with Crippen LogP contribution in [0.25, 0.3) is 0 Å². The van der Waals surface area contributed by atoms with E-state index in [1.165, 1.54) is 31.2 Å². The van der Waals surface area contributed by atoms with E-state index in [0.717, 1.165) is 0 Å². The highest BCUT2D eigenvalue weighted by molar-refractivity contribution is 6.30. The molecule has 2 amide bonds. The molecule has 9 heteroatoms. The number of rotatable bonds is 1. The Balaban J connectivity index is 2.22. The molecule has 1 unspecified atom stereocenters. The number of anilines is 1. The Morgan fingerprint density at radius 3 is 2.52 bits per heavy atom. The molecule has 1 aliphatic rings. The molecule has 1 atom stereocenters. The fraction of sp³-hybridized carbons (Fsp3) is 0.333. The van der Waals surface area contributed by atoms with Crippen molar-refractivity contribution in [2.75, 3.05) is 5.32 Å². The molecular formula is C12H11ClF3N3O2. The van der Waals surface area contributed by atoms with Crippen molar-refractivity contribution in [3.63, 3.8) is 0 Å². The number of hydrazone groups is 1. The van der Waals surface area contributed by atoms with Crippen molar-refractivity contribution in [3.8, 4) is 0 Å². The molecule has 114 valence electrons. The van der Waals surface area contributed by atoms with Gasteiger partial charge in [0.15, 0.2) is 0 Å². The fourth-order valence-electron chi connectivity index (χ4n) is 1.86. The molecule has 0 aromatic heterocycles. The molecule has 0 bridgehead atoms. The quantitative estimate of drug-likeness (QED) is 0.834. The van der Waals surface area contributed by atoms with Crippen LogP contribution in [0.2, 0.25) is 5.02 Å². The minimum Gasteiger partial charge on any atom is -0.362 e. The number of carbonyl (C=O) groups is 1. The van der Waals surface area contributed by atoms with Gasteiger partial charge in [-0.15, -0.1) is 0 Å². The van der Waals surface area contributed by atoms with Crippen molar-refractivity contribution in [1.29, 1.82) is 0 Å². The van der Waals surface area contributed by atoms with Gasteiger partial charge in [-0.1, -0.05) is 11.6 Å². The summed E-state index contributed by atoms with van der Waals surface area (Å²) in [6, 6.07) is 4.57. The largest absolute Gasteiger partial charge is 0.438 e. The van der Waals surface area contributed by atoms with Crippen LogP contribution >= 0.6 is 11.6 Å². The first-order valence-electron chi connectivity index (χ1n) is 5.83. The third-order valence-corrected chi connectivity index (χ3v) is 3.12. The van der Waals surface area contributed by atoms with Crippen molar-refractivity contribution < 1.29 is 23.1 Å². The molecule has 1 aromatic rings. The van der Waals surface area contributed by atoms with Crippen LogP contribution in [0.3, 0.4) is 0 Å². The summed E-state index contributed by atoms with van der Waals surface area (Å²) >= 11 is 5.67. The maximum absolute atomic E-state index is 13.0. The molecule has 1 aliphatic heterocycles. The number of nitrogens with one attached hydrogen (secondary N) is 1. The SMILES string of the molecule is CC1=NN(C(=O)Nc2ccc(Cl)cc2)C(O)(C(F)(F)F)C1. The number of amides is 2. The van der Waals surface area contributed by atoms with Crippen LogP contribution in [0.4, 0.5) is 23.7 Å². The number of aliphatic hydroxyl groups is 1. The van der Waals surface area contributed by atoms with Crippen molar-refractivity contribution in [1.82, 2.24) is 5.01 Å². The lowest BCUT2D eigenvalue weighted by molar-refractivity contribution is -0.296. The standard InChI is InChI=1S/C12H11ClF3N3O2/c1-7-6-11(21,12(14,15)16)19(18-7)10(20)17-9-4-2-8(13)3-5-9/h2-5,21H,6H2,1H3,(H,17,20). The lowest BCUT2D eigenvalue weighted by Crippen LogP contribution is -2.57. The van der Waals surface area contributed by atoms with Gasteiger partial charge < -0.3 is 10.4 Å². The highest BCUT2D eigenvalue weighted by Gasteiger charge is 2.62. The Bertz CT molecular complexity index is 588. The molecule has 1 heterocycles. The lowest BCUT2D eigenvalue weighted by Gasteiger charge is -2.32. The second kappa shape index (κ2) is 5.19. The molecule has 0 spiro atoms. The molecule has 21 heavy (non-hydrogen) atoms. The Kier molecular flexibility index (Phi) is 3.85. The summed E-state index contributed by atoms with van der Waals surface area (Å²) in [5.74, 6) is 0. The molecule has 1 aromatic carbocycles. The summed E-state index contributed by atoms with van der Waals surface area (Å²) in [6.45, 7) is 1.30. The number of benzene rings is 1. The number of hydrogen-bond acceptors (Lipinski definition) is 3. The van der Waals surface area contributed by atoms with E-state index >= 15 is 0 Å². The molecule has 2 rings (SSSR count). The lowest BCUT2D eigenvalue weighted by atomic mass is 10.1. The van der Waals surface area contributed by atoms with Crippen molar-refractivity contribution in [3.05, 3.63) is 29.3 Å². The number of urea groups is 1. The number of hydrogen-bond donors (Lipinski definition) is 2. The van der Waals surface area contributed by atoms with Crippen molar-refractivity contribution in [2.45, 2.75) is 25.2 Å². The number of carbonyl (C=O) groups excluding carboxylic acids is 1. The van der Waals surface area contributed by atoms with Crippen molar-refractivity contribution in [2.24, 2.45) is 5.10 Å². The van der Waals surface area contributed by atoms with Crippen LogP contribution in [0.5, 0.6) is 0 Å². The Labute approximate surface area is 123 Å². The smallest absolute Gasteiger partial charge is 0.362 e. The van der Waals surface area contributed by atoms with Crippen LogP contribution in [0, 0.1) is 0 Å². The zero-order chi connectivity index (χ0) is 15.8. The van der Waals surface area contributed by atoms with E-state index in [9.17, 15) is 23.1 Å². The minimum absolute atomic E-state index is 0.00100. The first-order valence-corrected chi connectivity index (χ1v) is 6.21. The van der Waals surface area contributed by atoms with Crippen LogP contribution in [-0.4, -0.2) is 33.8 Å². The van der Waals surface area contributed by atoms with Gasteiger partial charge in [-0.2, -0.15) is 23.3 Å². The molecule has 2 N–H and O–H groups in total. The van der Waals surface area contributed by atoms with E-state index in [1.807, 2.05) is 0 Å². The van der Waals surface area contributed by atoms with Gasteiger partial charge in [-0.25, -0.2) is 4.79 Å². The predicted octanol–water partition coefficient (Wildman–Crippen LogP) is 3.20. The molecular weight excluding hydrogens is 311 g/mol. The number of nitrogens with zero attached hydrogens (tertiary/aromatic N) is 2. The van der Waals surface area contributed by atoms with Crippen LogP contribution < -0.4 is 5.32 Å². The second-order valence-corrected chi connectivity index (χ2v) is 5.01. The zero-order valence-corrected chi connectivity index (χ0v) is 11.5. The summed E-state index contributed by atoms with van der Waals surface area (Å²) in [7, 11) is 0. The summed E-state index contributed by atoms with van der Waals surface area (Å²) < 4.78 is 38.9. The number of halogens is 4. The molecule has 0 radical (unpaired) electrons. The van der Waals surface area contributed by atoms with Gasteiger partial charge in [0.2, 0.25) is 0 Å². The van der Waals surface area contributed by atoms with E-state index < -0.39 is 24.4 Å². The average Bonchev–Trinajstić information content (AvgIpc) is 2.68. The van der Waals surface area contributed by atoms with Crippen LogP contribution in [-0.2, 0) is 0 Å². The van der Waals surface area contributed by atoms with Crippen LogP contribution in [0.15, 0.2) is 29.4 Å². The normalized spacial score (nSPS) is 22.2. The first kappa shape index (κ1) is 15.6. The van der Waals surface area contributed by atoms with Gasteiger partial charge in [-0.3, -0.25) is 0 Å². The van der Waals surface area contributed by atoms with E-state index in [2.05, 4.69) is 10.4 Å². The number of alkyl halides is 3. The highest BCUT2D eigenvalue weighted by Crippen LogP contribution is 2.40. The Morgan fingerprint density at radius 1 is 1.43 bits per heavy atom. The fourth-order valence-corrected chi connectivity index (χ4v) is 1.99. The topological polar surface area (TPSA) is 64.9 Å². The van der Waals surface area contributed by atoms with Crippen LogP contribution in [0.1, 0.15) is 13.3 Å². The Morgan fingerprint density at radius 2 is 2.00 bits per heavy atom. The molecule has 0 fully saturated rings. The second-order valence-electron chi connectivity index (χ2n) is 4.58. The molecule has 0 saturated heterocycles. The van der Waals surface area contributed by atoms with Gasteiger partial charge in [0.25, 0.3) is 5.72 Å². The van der Waals surface area contributed by atoms with Gasteiger partial charge in [0, 0.05) is 22.8 Å².